The molecule has 0 spiro atoms. The Labute approximate surface area is 128 Å². The Morgan fingerprint density at radius 2 is 2.15 bits per heavy atom. The van der Waals surface area contributed by atoms with Crippen LogP contribution in [0.3, 0.4) is 0 Å². The molecular weight excluding hydrogens is 274 g/mol. The van der Waals surface area contributed by atoms with Crippen LogP contribution < -0.4 is 11.1 Å². The Morgan fingerprint density at radius 3 is 2.65 bits per heavy atom. The van der Waals surface area contributed by atoms with Gasteiger partial charge in [0.1, 0.15) is 0 Å². The molecule has 5 heteroatoms. The lowest BCUT2D eigenvalue weighted by Gasteiger charge is -2.22. The maximum atomic E-state index is 11.8. The van der Waals surface area contributed by atoms with Gasteiger partial charge in [-0.1, -0.05) is 33.3 Å². The minimum Gasteiger partial charge on any atom is -0.354 e. The molecule has 1 rings (SSSR count). The Bertz CT molecular complexity index is 384. The summed E-state index contributed by atoms with van der Waals surface area (Å²) >= 11 is 0. The molecule has 0 saturated heterocycles. The summed E-state index contributed by atoms with van der Waals surface area (Å²) in [5.74, 6) is 0.648. The number of nitrogens with two attached hydrogens (primary N) is 1. The van der Waals surface area contributed by atoms with Crippen LogP contribution >= 0.6 is 12.4 Å². The van der Waals surface area contributed by atoms with Gasteiger partial charge >= 0.3 is 0 Å². The van der Waals surface area contributed by atoms with Gasteiger partial charge in [0.15, 0.2) is 0 Å². The summed E-state index contributed by atoms with van der Waals surface area (Å²) in [6.45, 7) is 6.94. The molecule has 20 heavy (non-hydrogen) atoms. The van der Waals surface area contributed by atoms with E-state index in [1.54, 1.807) is 6.20 Å². The summed E-state index contributed by atoms with van der Waals surface area (Å²) in [5, 5.41) is 2.96. The molecule has 0 aliphatic heterocycles. The molecule has 2 unspecified atom stereocenters. The van der Waals surface area contributed by atoms with Crippen LogP contribution in [0.4, 0.5) is 0 Å². The van der Waals surface area contributed by atoms with E-state index in [0.29, 0.717) is 12.5 Å². The smallest absolute Gasteiger partial charge is 0.236 e. The van der Waals surface area contributed by atoms with E-state index in [1.807, 2.05) is 19.2 Å². The molecule has 114 valence electrons. The third-order valence-corrected chi connectivity index (χ3v) is 3.35. The summed E-state index contributed by atoms with van der Waals surface area (Å²) in [4.78, 5) is 16.0. The number of hydrogen-bond acceptors (Lipinski definition) is 3. The normalized spacial score (nSPS) is 13.4. The molecule has 0 aliphatic carbocycles. The summed E-state index contributed by atoms with van der Waals surface area (Å²) in [5.41, 5.74) is 6.96. The Balaban J connectivity index is 0.00000361. The summed E-state index contributed by atoms with van der Waals surface area (Å²) in [7, 11) is 0. The average Bonchev–Trinajstić information content (AvgIpc) is 2.39. The molecule has 0 radical (unpaired) electrons. The molecule has 1 heterocycles. The van der Waals surface area contributed by atoms with Crippen molar-refractivity contribution in [2.45, 2.75) is 45.6 Å². The van der Waals surface area contributed by atoms with Crippen LogP contribution in [0.25, 0.3) is 0 Å². The quantitative estimate of drug-likeness (QED) is 0.813. The first-order valence-electron chi connectivity index (χ1n) is 6.99. The van der Waals surface area contributed by atoms with Crippen LogP contribution in [0, 0.1) is 5.92 Å². The highest BCUT2D eigenvalue weighted by Crippen LogP contribution is 2.22. The first-order chi connectivity index (χ1) is 9.06. The summed E-state index contributed by atoms with van der Waals surface area (Å²) < 4.78 is 0. The largest absolute Gasteiger partial charge is 0.354 e. The van der Waals surface area contributed by atoms with Crippen molar-refractivity contribution in [2.24, 2.45) is 11.7 Å². The lowest BCUT2D eigenvalue weighted by atomic mass is 9.89. The highest BCUT2D eigenvalue weighted by atomic mass is 35.5. The molecule has 3 N–H and O–H groups in total. The Hall–Kier alpha value is -1.13. The van der Waals surface area contributed by atoms with E-state index in [4.69, 9.17) is 5.73 Å². The fraction of sp³-hybridized carbons (Fsp3) is 0.600. The molecule has 1 amide bonds. The number of pyridine rings is 1. The van der Waals surface area contributed by atoms with Crippen LogP contribution in [0.15, 0.2) is 24.5 Å². The van der Waals surface area contributed by atoms with Crippen LogP contribution in [0.2, 0.25) is 0 Å². The second-order valence-corrected chi connectivity index (χ2v) is 5.28. The van der Waals surface area contributed by atoms with E-state index < -0.39 is 6.04 Å². The molecular formula is C15H26ClN3O. The molecule has 1 aromatic heterocycles. The average molecular weight is 300 g/mol. The van der Waals surface area contributed by atoms with Crippen molar-refractivity contribution in [2.75, 3.05) is 6.54 Å². The molecule has 4 nitrogen and oxygen atoms in total. The number of halogens is 1. The molecule has 0 aliphatic rings. The Kier molecular flexibility index (Phi) is 9.17. The Morgan fingerprint density at radius 1 is 1.45 bits per heavy atom. The summed E-state index contributed by atoms with van der Waals surface area (Å²) in [6.07, 6.45) is 5.27. The van der Waals surface area contributed by atoms with Crippen molar-refractivity contribution < 1.29 is 4.79 Å². The standard InChI is InChI=1S/C15H25N3O.ClH/c1-4-6-14(16)15(19)18-10-13(11(2)3)12-7-5-8-17-9-12;/h5,7-9,11,13-14H,4,6,10,16H2,1-3H3,(H,18,19);1H. The maximum Gasteiger partial charge on any atom is 0.236 e. The van der Waals surface area contributed by atoms with Gasteiger partial charge in [-0.25, -0.2) is 0 Å². The van der Waals surface area contributed by atoms with Gasteiger partial charge in [-0.05, 0) is 24.0 Å². The van der Waals surface area contributed by atoms with Gasteiger partial charge in [0.2, 0.25) is 5.91 Å². The number of rotatable bonds is 7. The van der Waals surface area contributed by atoms with Crippen LogP contribution in [-0.2, 0) is 4.79 Å². The molecule has 0 fully saturated rings. The lowest BCUT2D eigenvalue weighted by Crippen LogP contribution is -2.42. The van der Waals surface area contributed by atoms with Gasteiger partial charge in [0, 0.05) is 24.9 Å². The molecule has 2 atom stereocenters. The molecule has 0 bridgehead atoms. The van der Waals surface area contributed by atoms with Crippen molar-refractivity contribution >= 4 is 18.3 Å². The minimum atomic E-state index is -0.397. The van der Waals surface area contributed by atoms with E-state index in [1.165, 1.54) is 0 Å². The highest BCUT2D eigenvalue weighted by molar-refractivity contribution is 5.85. The number of aromatic nitrogens is 1. The number of amides is 1. The number of nitrogens with zero attached hydrogens (tertiary/aromatic N) is 1. The molecule has 0 saturated carbocycles. The summed E-state index contributed by atoms with van der Waals surface area (Å²) in [6, 6.07) is 3.58. The van der Waals surface area contributed by atoms with Gasteiger partial charge in [-0.15, -0.1) is 12.4 Å². The topological polar surface area (TPSA) is 68.0 Å². The second-order valence-electron chi connectivity index (χ2n) is 5.28. The zero-order chi connectivity index (χ0) is 14.3. The van der Waals surface area contributed by atoms with Crippen molar-refractivity contribution in [3.63, 3.8) is 0 Å². The SMILES string of the molecule is CCCC(N)C(=O)NCC(c1cccnc1)C(C)C.Cl. The fourth-order valence-corrected chi connectivity index (χ4v) is 2.12. The lowest BCUT2D eigenvalue weighted by molar-refractivity contribution is -0.122. The fourth-order valence-electron chi connectivity index (χ4n) is 2.12. The monoisotopic (exact) mass is 299 g/mol. The van der Waals surface area contributed by atoms with Crippen LogP contribution in [0.1, 0.15) is 45.1 Å². The number of carbonyl (C=O) groups excluding carboxylic acids is 1. The van der Waals surface area contributed by atoms with Crippen molar-refractivity contribution in [3.05, 3.63) is 30.1 Å². The van der Waals surface area contributed by atoms with Gasteiger partial charge in [0.05, 0.1) is 6.04 Å². The van der Waals surface area contributed by atoms with E-state index >= 15 is 0 Å². The molecule has 0 aromatic carbocycles. The zero-order valence-corrected chi connectivity index (χ0v) is 13.3. The van der Waals surface area contributed by atoms with Crippen LogP contribution in [-0.4, -0.2) is 23.5 Å². The third kappa shape index (κ3) is 5.88. The predicted molar refractivity (Wildman–Crippen MR) is 85.0 cm³/mol. The maximum absolute atomic E-state index is 11.8. The van der Waals surface area contributed by atoms with Gasteiger partial charge in [0.25, 0.3) is 0 Å². The first-order valence-corrected chi connectivity index (χ1v) is 6.99. The van der Waals surface area contributed by atoms with Crippen molar-refractivity contribution in [1.29, 1.82) is 0 Å². The highest BCUT2D eigenvalue weighted by Gasteiger charge is 2.19. The van der Waals surface area contributed by atoms with Gasteiger partial charge in [-0.3, -0.25) is 9.78 Å². The third-order valence-electron chi connectivity index (χ3n) is 3.35. The molecule has 1 aromatic rings. The second kappa shape index (κ2) is 9.72. The van der Waals surface area contributed by atoms with E-state index in [9.17, 15) is 4.79 Å². The number of nitrogens with one attached hydrogen (secondary N) is 1. The van der Waals surface area contributed by atoms with E-state index in [-0.39, 0.29) is 24.2 Å². The number of hydrogen-bond donors (Lipinski definition) is 2. The predicted octanol–water partition coefficient (Wildman–Crippen LogP) is 2.49. The number of carbonyl (C=O) groups is 1. The van der Waals surface area contributed by atoms with Gasteiger partial charge in [-0.2, -0.15) is 0 Å². The minimum absolute atomic E-state index is 0. The van der Waals surface area contributed by atoms with E-state index in [0.717, 1.165) is 18.4 Å². The van der Waals surface area contributed by atoms with Gasteiger partial charge < -0.3 is 11.1 Å². The van der Waals surface area contributed by atoms with E-state index in [2.05, 4.69) is 30.2 Å². The first kappa shape index (κ1) is 18.9. The van der Waals surface area contributed by atoms with Crippen molar-refractivity contribution in [1.82, 2.24) is 10.3 Å². The van der Waals surface area contributed by atoms with Crippen molar-refractivity contribution in [3.8, 4) is 0 Å². The zero-order valence-electron chi connectivity index (χ0n) is 12.5. The van der Waals surface area contributed by atoms with Crippen LogP contribution in [0.5, 0.6) is 0 Å².